The second-order valence-electron chi connectivity index (χ2n) is 6.82. The molecular formula is C21H20ClFN4O3S. The molecule has 0 radical (unpaired) electrons. The minimum atomic E-state index is -4.10. The van der Waals surface area contributed by atoms with Crippen LogP contribution in [0.3, 0.4) is 0 Å². The van der Waals surface area contributed by atoms with E-state index in [1.807, 2.05) is 25.1 Å². The standard InChI is InChI=1S/C21H20ClFN4O3S/c1-27(2)20-15(4-3-11-24-20)13-25-21(28)14-5-10-18(22)19(12-14)31(29,30)26-17-8-6-16(23)7-9-17/h3-12,26H,13H2,1-2H3,(H,25,28). The van der Waals surface area contributed by atoms with Crippen molar-refractivity contribution < 1.29 is 17.6 Å². The van der Waals surface area contributed by atoms with Crippen LogP contribution in [-0.2, 0) is 16.6 Å². The Morgan fingerprint density at radius 3 is 2.52 bits per heavy atom. The predicted molar refractivity (Wildman–Crippen MR) is 118 cm³/mol. The van der Waals surface area contributed by atoms with E-state index in [9.17, 15) is 17.6 Å². The van der Waals surface area contributed by atoms with Gasteiger partial charge in [-0.2, -0.15) is 0 Å². The van der Waals surface area contributed by atoms with Crippen LogP contribution in [-0.4, -0.2) is 33.4 Å². The number of amides is 1. The van der Waals surface area contributed by atoms with Gasteiger partial charge in [-0.15, -0.1) is 0 Å². The monoisotopic (exact) mass is 462 g/mol. The van der Waals surface area contributed by atoms with Crippen molar-refractivity contribution >= 4 is 39.0 Å². The van der Waals surface area contributed by atoms with Gasteiger partial charge in [-0.25, -0.2) is 17.8 Å². The van der Waals surface area contributed by atoms with Crippen LogP contribution >= 0.6 is 11.6 Å². The fraction of sp³-hybridized carbons (Fsp3) is 0.143. The summed E-state index contributed by atoms with van der Waals surface area (Å²) in [5, 5.41) is 2.71. The summed E-state index contributed by atoms with van der Waals surface area (Å²) in [5.74, 6) is -0.250. The summed E-state index contributed by atoms with van der Waals surface area (Å²) in [7, 11) is -0.408. The highest BCUT2D eigenvalue weighted by Crippen LogP contribution is 2.25. The zero-order valence-electron chi connectivity index (χ0n) is 16.8. The van der Waals surface area contributed by atoms with Crippen LogP contribution in [0, 0.1) is 5.82 Å². The van der Waals surface area contributed by atoms with E-state index in [1.54, 1.807) is 12.3 Å². The van der Waals surface area contributed by atoms with Crippen molar-refractivity contribution in [1.29, 1.82) is 0 Å². The Kier molecular flexibility index (Phi) is 6.77. The number of halogens is 2. The van der Waals surface area contributed by atoms with Crippen LogP contribution < -0.4 is 14.9 Å². The topological polar surface area (TPSA) is 91.4 Å². The lowest BCUT2D eigenvalue weighted by molar-refractivity contribution is 0.0950. The van der Waals surface area contributed by atoms with Crippen LogP contribution in [0.15, 0.2) is 65.7 Å². The molecule has 2 aromatic carbocycles. The minimum Gasteiger partial charge on any atom is -0.362 e. The number of aromatic nitrogens is 1. The third kappa shape index (κ3) is 5.50. The van der Waals surface area contributed by atoms with Gasteiger partial charge in [0.15, 0.2) is 0 Å². The average molecular weight is 463 g/mol. The normalized spacial score (nSPS) is 11.1. The first-order chi connectivity index (χ1) is 14.7. The van der Waals surface area contributed by atoms with Gasteiger partial charge in [-0.05, 0) is 48.5 Å². The summed E-state index contributed by atoms with van der Waals surface area (Å²) in [6.45, 7) is 0.207. The molecule has 0 atom stereocenters. The molecule has 0 aliphatic heterocycles. The Morgan fingerprint density at radius 2 is 1.84 bits per heavy atom. The molecule has 0 unspecified atom stereocenters. The van der Waals surface area contributed by atoms with E-state index >= 15 is 0 Å². The second-order valence-corrected chi connectivity index (χ2v) is 8.88. The summed E-state index contributed by atoms with van der Waals surface area (Å²) in [5.41, 5.74) is 1.10. The maximum absolute atomic E-state index is 13.1. The van der Waals surface area contributed by atoms with Gasteiger partial charge in [0.25, 0.3) is 15.9 Å². The maximum atomic E-state index is 13.1. The van der Waals surface area contributed by atoms with E-state index in [4.69, 9.17) is 11.6 Å². The van der Waals surface area contributed by atoms with E-state index in [-0.39, 0.29) is 27.7 Å². The lowest BCUT2D eigenvalue weighted by Crippen LogP contribution is -2.25. The molecule has 1 aromatic heterocycles. The largest absolute Gasteiger partial charge is 0.362 e. The van der Waals surface area contributed by atoms with Crippen molar-refractivity contribution in [3.05, 3.63) is 82.8 Å². The highest BCUT2D eigenvalue weighted by molar-refractivity contribution is 7.92. The second kappa shape index (κ2) is 9.32. The molecular weight excluding hydrogens is 443 g/mol. The highest BCUT2D eigenvalue weighted by atomic mass is 35.5. The number of nitrogens with zero attached hydrogens (tertiary/aromatic N) is 2. The number of nitrogens with one attached hydrogen (secondary N) is 2. The van der Waals surface area contributed by atoms with E-state index in [0.717, 1.165) is 17.7 Å². The highest BCUT2D eigenvalue weighted by Gasteiger charge is 2.21. The molecule has 3 rings (SSSR count). The molecule has 0 spiro atoms. The molecule has 0 saturated carbocycles. The van der Waals surface area contributed by atoms with Gasteiger partial charge >= 0.3 is 0 Å². The molecule has 3 aromatic rings. The Balaban J connectivity index is 1.80. The van der Waals surface area contributed by atoms with Crippen molar-refractivity contribution in [2.24, 2.45) is 0 Å². The summed E-state index contributed by atoms with van der Waals surface area (Å²) >= 11 is 6.08. The summed E-state index contributed by atoms with van der Waals surface area (Å²) in [4.78, 5) is 18.5. The van der Waals surface area contributed by atoms with Crippen LogP contribution in [0.2, 0.25) is 5.02 Å². The molecule has 10 heteroatoms. The number of anilines is 2. The molecule has 1 heterocycles. The molecule has 0 saturated heterocycles. The first-order valence-corrected chi connectivity index (χ1v) is 11.0. The number of sulfonamides is 1. The average Bonchev–Trinajstić information content (AvgIpc) is 2.73. The van der Waals surface area contributed by atoms with Gasteiger partial charge < -0.3 is 10.2 Å². The summed E-state index contributed by atoms with van der Waals surface area (Å²) < 4.78 is 40.9. The smallest absolute Gasteiger partial charge is 0.263 e. The van der Waals surface area contributed by atoms with Crippen LogP contribution in [0.4, 0.5) is 15.9 Å². The Morgan fingerprint density at radius 1 is 1.13 bits per heavy atom. The number of benzene rings is 2. The minimum absolute atomic E-state index is 0.0479. The van der Waals surface area contributed by atoms with Crippen molar-refractivity contribution in [2.45, 2.75) is 11.4 Å². The number of hydrogen-bond donors (Lipinski definition) is 2. The van der Waals surface area contributed by atoms with Gasteiger partial charge in [0.05, 0.1) is 5.02 Å². The van der Waals surface area contributed by atoms with E-state index in [1.165, 1.54) is 30.3 Å². The van der Waals surface area contributed by atoms with Gasteiger partial charge in [0.1, 0.15) is 16.5 Å². The molecule has 7 nitrogen and oxygen atoms in total. The van der Waals surface area contributed by atoms with Crippen LogP contribution in [0.25, 0.3) is 0 Å². The Bertz CT molecular complexity index is 1200. The Labute approximate surface area is 184 Å². The SMILES string of the molecule is CN(C)c1ncccc1CNC(=O)c1ccc(Cl)c(S(=O)(=O)Nc2ccc(F)cc2)c1. The van der Waals surface area contributed by atoms with Gasteiger partial charge in [0, 0.05) is 43.7 Å². The van der Waals surface area contributed by atoms with Crippen molar-refractivity contribution in [2.75, 3.05) is 23.7 Å². The maximum Gasteiger partial charge on any atom is 0.263 e. The van der Waals surface area contributed by atoms with E-state index in [2.05, 4.69) is 15.0 Å². The number of carbonyl (C=O) groups is 1. The molecule has 31 heavy (non-hydrogen) atoms. The molecule has 2 N–H and O–H groups in total. The van der Waals surface area contributed by atoms with Crippen molar-refractivity contribution in [3.63, 3.8) is 0 Å². The fourth-order valence-electron chi connectivity index (χ4n) is 2.83. The third-order valence-electron chi connectivity index (χ3n) is 4.31. The third-order valence-corrected chi connectivity index (χ3v) is 6.17. The molecule has 0 bridgehead atoms. The first kappa shape index (κ1) is 22.5. The van der Waals surface area contributed by atoms with Crippen LogP contribution in [0.5, 0.6) is 0 Å². The lowest BCUT2D eigenvalue weighted by atomic mass is 10.2. The van der Waals surface area contributed by atoms with E-state index in [0.29, 0.717) is 5.82 Å². The first-order valence-electron chi connectivity index (χ1n) is 9.15. The quantitative estimate of drug-likeness (QED) is 0.559. The molecule has 0 aliphatic rings. The molecule has 0 fully saturated rings. The van der Waals surface area contributed by atoms with Crippen molar-refractivity contribution in [1.82, 2.24) is 10.3 Å². The molecule has 1 amide bonds. The molecule has 0 aliphatic carbocycles. The lowest BCUT2D eigenvalue weighted by Gasteiger charge is -2.16. The number of hydrogen-bond acceptors (Lipinski definition) is 5. The predicted octanol–water partition coefficient (Wildman–Crippen LogP) is 3.67. The fourth-order valence-corrected chi connectivity index (χ4v) is 4.41. The number of carbonyl (C=O) groups excluding carboxylic acids is 1. The number of rotatable bonds is 7. The van der Waals surface area contributed by atoms with Gasteiger partial charge in [0.2, 0.25) is 0 Å². The Hall–Kier alpha value is -3.17. The van der Waals surface area contributed by atoms with E-state index < -0.39 is 21.7 Å². The zero-order valence-corrected chi connectivity index (χ0v) is 18.3. The summed E-state index contributed by atoms with van der Waals surface area (Å²) in [6.07, 6.45) is 1.66. The van der Waals surface area contributed by atoms with Crippen molar-refractivity contribution in [3.8, 4) is 0 Å². The van der Waals surface area contributed by atoms with Crippen LogP contribution in [0.1, 0.15) is 15.9 Å². The molecule has 162 valence electrons. The zero-order chi connectivity index (χ0) is 22.6. The number of pyridine rings is 1. The van der Waals surface area contributed by atoms with Gasteiger partial charge in [-0.3, -0.25) is 9.52 Å². The van der Waals surface area contributed by atoms with Gasteiger partial charge in [-0.1, -0.05) is 17.7 Å². The summed E-state index contributed by atoms with van der Waals surface area (Å²) in [6, 6.07) is 12.4.